The van der Waals surface area contributed by atoms with Crippen molar-refractivity contribution in [3.8, 4) is 0 Å². The molecule has 2 aromatic carbocycles. The Kier molecular flexibility index (Phi) is 5.50. The van der Waals surface area contributed by atoms with Gasteiger partial charge in [-0.3, -0.25) is 4.90 Å². The number of likely N-dealkylation sites (tertiary alicyclic amines) is 1. The van der Waals surface area contributed by atoms with E-state index in [2.05, 4.69) is 21.2 Å². The van der Waals surface area contributed by atoms with Crippen LogP contribution < -0.4 is 15.1 Å². The number of carbonyl (C=O) groups excluding carboxylic acids is 1. The molecule has 0 aromatic heterocycles. The third-order valence-corrected chi connectivity index (χ3v) is 5.55. The number of urea groups is 1. The summed E-state index contributed by atoms with van der Waals surface area (Å²) in [6.45, 7) is 6.02. The van der Waals surface area contributed by atoms with E-state index in [1.54, 1.807) is 12.1 Å². The van der Waals surface area contributed by atoms with Crippen LogP contribution in [-0.4, -0.2) is 50.2 Å². The van der Waals surface area contributed by atoms with Gasteiger partial charge in [0.2, 0.25) is 0 Å². The van der Waals surface area contributed by atoms with Gasteiger partial charge in [0.05, 0.1) is 11.4 Å². The fourth-order valence-electron chi connectivity index (χ4n) is 3.89. The second-order valence-electron chi connectivity index (χ2n) is 7.12. The lowest BCUT2D eigenvalue weighted by molar-refractivity contribution is 0.256. The summed E-state index contributed by atoms with van der Waals surface area (Å²) in [5.74, 6) is 0. The number of fused-ring (bicyclic) bond motifs is 1. The van der Waals surface area contributed by atoms with Crippen LogP contribution in [0.4, 0.5) is 21.9 Å². The molecule has 5 nitrogen and oxygen atoms in total. The minimum atomic E-state index is -0.121. The zero-order valence-electron chi connectivity index (χ0n) is 15.4. The molecular weight excluding hydrogens is 360 g/mol. The van der Waals surface area contributed by atoms with Crippen molar-refractivity contribution in [3.63, 3.8) is 0 Å². The predicted molar refractivity (Wildman–Crippen MR) is 112 cm³/mol. The molecule has 1 saturated heterocycles. The summed E-state index contributed by atoms with van der Waals surface area (Å²) in [7, 11) is 0. The molecule has 0 atom stereocenters. The van der Waals surface area contributed by atoms with Gasteiger partial charge in [-0.25, -0.2) is 4.79 Å². The van der Waals surface area contributed by atoms with Crippen molar-refractivity contribution in [3.05, 3.63) is 53.6 Å². The van der Waals surface area contributed by atoms with Gasteiger partial charge in [-0.1, -0.05) is 29.8 Å². The van der Waals surface area contributed by atoms with Crippen LogP contribution in [0.1, 0.15) is 12.8 Å². The molecule has 2 heterocycles. The number of nitrogens with zero attached hydrogens (tertiary/aromatic N) is 3. The van der Waals surface area contributed by atoms with E-state index in [0.717, 1.165) is 31.0 Å². The van der Waals surface area contributed by atoms with Gasteiger partial charge in [0.25, 0.3) is 0 Å². The molecule has 0 unspecified atom stereocenters. The fraction of sp³-hybridized carbons (Fsp3) is 0.381. The summed E-state index contributed by atoms with van der Waals surface area (Å²) in [5, 5.41) is 3.57. The number of halogens is 1. The zero-order chi connectivity index (χ0) is 18.6. The summed E-state index contributed by atoms with van der Waals surface area (Å²) in [6, 6.07) is 15.3. The summed E-state index contributed by atoms with van der Waals surface area (Å²) in [5.41, 5.74) is 2.80. The molecule has 0 saturated carbocycles. The average molecular weight is 385 g/mol. The number of benzene rings is 2. The topological polar surface area (TPSA) is 38.8 Å². The third-order valence-electron chi connectivity index (χ3n) is 5.31. The van der Waals surface area contributed by atoms with Crippen LogP contribution in [0.3, 0.4) is 0 Å². The predicted octanol–water partition coefficient (Wildman–Crippen LogP) is 4.29. The van der Waals surface area contributed by atoms with Crippen molar-refractivity contribution in [1.82, 2.24) is 4.90 Å². The van der Waals surface area contributed by atoms with Crippen LogP contribution in [0.5, 0.6) is 0 Å². The highest BCUT2D eigenvalue weighted by molar-refractivity contribution is 6.30. The molecule has 6 heteroatoms. The van der Waals surface area contributed by atoms with E-state index < -0.39 is 0 Å². The maximum Gasteiger partial charge on any atom is 0.326 e. The Morgan fingerprint density at radius 2 is 1.70 bits per heavy atom. The summed E-state index contributed by atoms with van der Waals surface area (Å²) in [4.78, 5) is 19.6. The van der Waals surface area contributed by atoms with E-state index in [4.69, 9.17) is 11.6 Å². The van der Waals surface area contributed by atoms with E-state index in [1.807, 2.05) is 35.2 Å². The SMILES string of the molecule is O=C(Nc1cccc(Cl)c1)N1CCN(CCN2CCCC2)c2ccccc21. The smallest absolute Gasteiger partial charge is 0.326 e. The molecular formula is C21H25ClN4O. The molecule has 2 aliphatic rings. The van der Waals surface area contributed by atoms with Gasteiger partial charge in [-0.15, -0.1) is 0 Å². The molecule has 2 aromatic rings. The number of hydrogen-bond donors (Lipinski definition) is 1. The summed E-state index contributed by atoms with van der Waals surface area (Å²) >= 11 is 6.03. The Bertz CT molecular complexity index is 806. The first-order valence-electron chi connectivity index (χ1n) is 9.61. The Balaban J connectivity index is 1.47. The molecule has 0 aliphatic carbocycles. The van der Waals surface area contributed by atoms with Crippen molar-refractivity contribution < 1.29 is 4.79 Å². The highest BCUT2D eigenvalue weighted by Gasteiger charge is 2.27. The standard InChI is InChI=1S/C21H25ClN4O/c22-17-6-5-7-18(16-17)23-21(27)26-15-14-25(13-12-24-10-3-4-11-24)19-8-1-2-9-20(19)26/h1-2,5-9,16H,3-4,10-15H2,(H,23,27). The molecule has 4 rings (SSSR count). The van der Waals surface area contributed by atoms with E-state index in [-0.39, 0.29) is 6.03 Å². The Morgan fingerprint density at radius 3 is 2.48 bits per heavy atom. The van der Waals surface area contributed by atoms with Crippen molar-refractivity contribution in [2.24, 2.45) is 0 Å². The Hall–Kier alpha value is -2.24. The number of carbonyl (C=O) groups is 1. The first-order chi connectivity index (χ1) is 13.2. The lowest BCUT2D eigenvalue weighted by Gasteiger charge is -2.38. The van der Waals surface area contributed by atoms with Crippen LogP contribution in [-0.2, 0) is 0 Å². The van der Waals surface area contributed by atoms with Gasteiger partial charge in [-0.05, 0) is 56.3 Å². The Morgan fingerprint density at radius 1 is 0.926 bits per heavy atom. The first-order valence-corrected chi connectivity index (χ1v) is 9.99. The van der Waals surface area contributed by atoms with E-state index in [1.165, 1.54) is 25.9 Å². The molecule has 0 spiro atoms. The lowest BCUT2D eigenvalue weighted by atomic mass is 10.1. The minimum absolute atomic E-state index is 0.121. The van der Waals surface area contributed by atoms with Gasteiger partial charge in [-0.2, -0.15) is 0 Å². The largest absolute Gasteiger partial charge is 0.367 e. The van der Waals surface area contributed by atoms with Crippen LogP contribution in [0.15, 0.2) is 48.5 Å². The van der Waals surface area contributed by atoms with Crippen LogP contribution >= 0.6 is 11.6 Å². The second kappa shape index (κ2) is 8.19. The van der Waals surface area contributed by atoms with Gasteiger partial charge in [0, 0.05) is 36.9 Å². The van der Waals surface area contributed by atoms with E-state index in [0.29, 0.717) is 17.3 Å². The van der Waals surface area contributed by atoms with Crippen LogP contribution in [0.2, 0.25) is 5.02 Å². The third kappa shape index (κ3) is 4.20. The van der Waals surface area contributed by atoms with E-state index >= 15 is 0 Å². The molecule has 1 N–H and O–H groups in total. The number of amides is 2. The summed E-state index contributed by atoms with van der Waals surface area (Å²) < 4.78 is 0. The van der Waals surface area contributed by atoms with Gasteiger partial charge < -0.3 is 15.1 Å². The monoisotopic (exact) mass is 384 g/mol. The quantitative estimate of drug-likeness (QED) is 0.854. The number of hydrogen-bond acceptors (Lipinski definition) is 3. The Labute approximate surface area is 165 Å². The second-order valence-corrected chi connectivity index (χ2v) is 7.55. The van der Waals surface area contributed by atoms with Crippen molar-refractivity contribution >= 4 is 34.7 Å². The molecule has 142 valence electrons. The van der Waals surface area contributed by atoms with Gasteiger partial charge in [0.1, 0.15) is 0 Å². The van der Waals surface area contributed by atoms with Crippen molar-refractivity contribution in [2.45, 2.75) is 12.8 Å². The highest BCUT2D eigenvalue weighted by Crippen LogP contribution is 2.33. The van der Waals surface area contributed by atoms with Crippen molar-refractivity contribution in [2.75, 3.05) is 54.4 Å². The molecule has 0 bridgehead atoms. The molecule has 27 heavy (non-hydrogen) atoms. The normalized spacial score (nSPS) is 17.1. The van der Waals surface area contributed by atoms with Gasteiger partial charge >= 0.3 is 6.03 Å². The van der Waals surface area contributed by atoms with Crippen molar-refractivity contribution in [1.29, 1.82) is 0 Å². The molecule has 0 radical (unpaired) electrons. The van der Waals surface area contributed by atoms with Crippen LogP contribution in [0.25, 0.3) is 0 Å². The molecule has 1 fully saturated rings. The summed E-state index contributed by atoms with van der Waals surface area (Å²) in [6.07, 6.45) is 2.63. The zero-order valence-corrected chi connectivity index (χ0v) is 16.2. The number of nitrogens with one attached hydrogen (secondary N) is 1. The molecule has 2 amide bonds. The lowest BCUT2D eigenvalue weighted by Crippen LogP contribution is -2.47. The molecule has 2 aliphatic heterocycles. The number of rotatable bonds is 4. The first kappa shape index (κ1) is 18.1. The average Bonchev–Trinajstić information content (AvgIpc) is 3.19. The van der Waals surface area contributed by atoms with Crippen LogP contribution in [0, 0.1) is 0 Å². The fourth-order valence-corrected chi connectivity index (χ4v) is 4.08. The minimum Gasteiger partial charge on any atom is -0.367 e. The maximum atomic E-state index is 12.9. The highest BCUT2D eigenvalue weighted by atomic mass is 35.5. The number of anilines is 3. The number of para-hydroxylation sites is 2. The van der Waals surface area contributed by atoms with E-state index in [9.17, 15) is 4.79 Å². The van der Waals surface area contributed by atoms with Gasteiger partial charge in [0.15, 0.2) is 0 Å². The maximum absolute atomic E-state index is 12.9.